The Labute approximate surface area is 118 Å². The first-order valence-corrected chi connectivity index (χ1v) is 7.52. The minimum absolute atomic E-state index is 0. The van der Waals surface area contributed by atoms with Gasteiger partial charge in [-0.25, -0.2) is 0 Å². The first-order chi connectivity index (χ1) is 8.33. The Bertz CT molecular complexity index is 255. The van der Waals surface area contributed by atoms with Crippen molar-refractivity contribution in [2.45, 2.75) is 44.7 Å². The van der Waals surface area contributed by atoms with Crippen LogP contribution < -0.4 is 5.32 Å². The van der Waals surface area contributed by atoms with Gasteiger partial charge in [-0.3, -0.25) is 9.80 Å². The molecule has 3 aliphatic rings. The number of fused-ring (bicyclic) bond motifs is 1. The van der Waals surface area contributed by atoms with Crippen LogP contribution in [0.4, 0.5) is 0 Å². The summed E-state index contributed by atoms with van der Waals surface area (Å²) in [5.74, 6) is 0.902. The van der Waals surface area contributed by atoms with Crippen molar-refractivity contribution in [3.63, 3.8) is 0 Å². The van der Waals surface area contributed by atoms with Gasteiger partial charge in [0.25, 0.3) is 0 Å². The number of nitrogens with zero attached hydrogens (tertiary/aromatic N) is 2. The van der Waals surface area contributed by atoms with Crippen molar-refractivity contribution in [2.75, 3.05) is 39.3 Å². The average molecular weight is 274 g/mol. The number of hydrogen-bond acceptors (Lipinski definition) is 3. The van der Waals surface area contributed by atoms with Gasteiger partial charge < -0.3 is 5.32 Å². The lowest BCUT2D eigenvalue weighted by atomic mass is 9.97. The maximum absolute atomic E-state index is 3.55. The molecule has 3 saturated heterocycles. The zero-order valence-electron chi connectivity index (χ0n) is 11.6. The van der Waals surface area contributed by atoms with Crippen LogP contribution in [0.3, 0.4) is 0 Å². The summed E-state index contributed by atoms with van der Waals surface area (Å²) < 4.78 is 0. The molecule has 3 nitrogen and oxygen atoms in total. The molecule has 0 amide bonds. The first-order valence-electron chi connectivity index (χ1n) is 7.52. The molecule has 3 fully saturated rings. The normalized spacial score (nSPS) is 38.2. The van der Waals surface area contributed by atoms with Crippen LogP contribution >= 0.6 is 12.4 Å². The highest BCUT2D eigenvalue weighted by Crippen LogP contribution is 2.25. The molecule has 3 rings (SSSR count). The molecule has 0 saturated carbocycles. The van der Waals surface area contributed by atoms with Crippen molar-refractivity contribution < 1.29 is 0 Å². The summed E-state index contributed by atoms with van der Waals surface area (Å²) in [4.78, 5) is 5.49. The first kappa shape index (κ1) is 14.6. The molecular formula is C14H28ClN3. The Morgan fingerprint density at radius 2 is 2.06 bits per heavy atom. The fraction of sp³-hybridized carbons (Fsp3) is 1.00. The molecule has 3 unspecified atom stereocenters. The summed E-state index contributed by atoms with van der Waals surface area (Å²) >= 11 is 0. The SMILES string of the molecule is CC1CN2CCCC2CN1CC1CCCNC1.Cl. The van der Waals surface area contributed by atoms with Gasteiger partial charge in [-0.15, -0.1) is 12.4 Å². The van der Waals surface area contributed by atoms with E-state index >= 15 is 0 Å². The fourth-order valence-corrected chi connectivity index (χ4v) is 3.91. The second-order valence-electron chi connectivity index (χ2n) is 6.31. The van der Waals surface area contributed by atoms with Crippen molar-refractivity contribution in [3.05, 3.63) is 0 Å². The number of nitrogens with one attached hydrogen (secondary N) is 1. The summed E-state index contributed by atoms with van der Waals surface area (Å²) in [6.45, 7) is 10.2. The molecule has 0 aliphatic carbocycles. The van der Waals surface area contributed by atoms with E-state index in [9.17, 15) is 0 Å². The fourth-order valence-electron chi connectivity index (χ4n) is 3.91. The van der Waals surface area contributed by atoms with E-state index in [2.05, 4.69) is 22.0 Å². The highest BCUT2D eigenvalue weighted by Gasteiger charge is 2.35. The van der Waals surface area contributed by atoms with Gasteiger partial charge in [-0.2, -0.15) is 0 Å². The molecule has 0 aromatic rings. The third kappa shape index (κ3) is 3.19. The Morgan fingerprint density at radius 3 is 2.83 bits per heavy atom. The monoisotopic (exact) mass is 273 g/mol. The van der Waals surface area contributed by atoms with Gasteiger partial charge in [-0.05, 0) is 58.2 Å². The highest BCUT2D eigenvalue weighted by molar-refractivity contribution is 5.85. The van der Waals surface area contributed by atoms with E-state index in [1.165, 1.54) is 65.0 Å². The zero-order chi connectivity index (χ0) is 11.7. The molecule has 1 N–H and O–H groups in total. The summed E-state index contributed by atoms with van der Waals surface area (Å²) in [5.41, 5.74) is 0. The number of hydrogen-bond donors (Lipinski definition) is 1. The molecular weight excluding hydrogens is 246 g/mol. The molecule has 3 atom stereocenters. The van der Waals surface area contributed by atoms with Gasteiger partial charge in [0.05, 0.1) is 0 Å². The molecule has 0 aromatic carbocycles. The highest BCUT2D eigenvalue weighted by atomic mass is 35.5. The number of piperidine rings is 1. The maximum atomic E-state index is 3.55. The van der Waals surface area contributed by atoms with Crippen molar-refractivity contribution in [2.24, 2.45) is 5.92 Å². The van der Waals surface area contributed by atoms with E-state index in [0.29, 0.717) is 0 Å². The smallest absolute Gasteiger partial charge is 0.0224 e. The lowest BCUT2D eigenvalue weighted by Crippen LogP contribution is -2.56. The minimum atomic E-state index is 0. The number of rotatable bonds is 2. The van der Waals surface area contributed by atoms with Crippen LogP contribution in [0.25, 0.3) is 0 Å². The number of halogens is 1. The van der Waals surface area contributed by atoms with E-state index in [0.717, 1.165) is 18.0 Å². The van der Waals surface area contributed by atoms with Crippen molar-refractivity contribution in [1.82, 2.24) is 15.1 Å². The van der Waals surface area contributed by atoms with Crippen LogP contribution in [0.2, 0.25) is 0 Å². The van der Waals surface area contributed by atoms with Crippen molar-refractivity contribution >= 4 is 12.4 Å². The van der Waals surface area contributed by atoms with Crippen molar-refractivity contribution in [1.29, 1.82) is 0 Å². The maximum Gasteiger partial charge on any atom is 0.0224 e. The largest absolute Gasteiger partial charge is 0.316 e. The van der Waals surface area contributed by atoms with Crippen LogP contribution in [0.1, 0.15) is 32.6 Å². The van der Waals surface area contributed by atoms with Gasteiger partial charge in [0.2, 0.25) is 0 Å². The van der Waals surface area contributed by atoms with E-state index in [4.69, 9.17) is 0 Å². The third-order valence-electron chi connectivity index (χ3n) is 4.96. The molecule has 3 aliphatic heterocycles. The molecule has 0 radical (unpaired) electrons. The average Bonchev–Trinajstić information content (AvgIpc) is 2.78. The van der Waals surface area contributed by atoms with Crippen LogP contribution in [-0.4, -0.2) is 61.2 Å². The van der Waals surface area contributed by atoms with Crippen LogP contribution in [-0.2, 0) is 0 Å². The van der Waals surface area contributed by atoms with E-state index in [1.54, 1.807) is 0 Å². The Morgan fingerprint density at radius 1 is 1.17 bits per heavy atom. The van der Waals surface area contributed by atoms with E-state index < -0.39 is 0 Å². The van der Waals surface area contributed by atoms with E-state index in [-0.39, 0.29) is 12.4 Å². The summed E-state index contributed by atoms with van der Waals surface area (Å²) in [5, 5.41) is 3.55. The molecule has 0 spiro atoms. The van der Waals surface area contributed by atoms with Crippen LogP contribution in [0, 0.1) is 5.92 Å². The van der Waals surface area contributed by atoms with Gasteiger partial charge in [-0.1, -0.05) is 0 Å². The van der Waals surface area contributed by atoms with Gasteiger partial charge in [0.15, 0.2) is 0 Å². The third-order valence-corrected chi connectivity index (χ3v) is 4.96. The van der Waals surface area contributed by atoms with E-state index in [1.807, 2.05) is 0 Å². The molecule has 18 heavy (non-hydrogen) atoms. The topological polar surface area (TPSA) is 18.5 Å². The van der Waals surface area contributed by atoms with Crippen LogP contribution in [0.15, 0.2) is 0 Å². The van der Waals surface area contributed by atoms with Gasteiger partial charge >= 0.3 is 0 Å². The molecule has 3 heterocycles. The predicted molar refractivity (Wildman–Crippen MR) is 78.5 cm³/mol. The lowest BCUT2D eigenvalue weighted by Gasteiger charge is -2.44. The zero-order valence-corrected chi connectivity index (χ0v) is 12.4. The Balaban J connectivity index is 0.00000120. The van der Waals surface area contributed by atoms with Crippen LogP contribution in [0.5, 0.6) is 0 Å². The van der Waals surface area contributed by atoms with Crippen molar-refractivity contribution in [3.8, 4) is 0 Å². The quantitative estimate of drug-likeness (QED) is 0.824. The summed E-state index contributed by atoms with van der Waals surface area (Å²) in [6, 6.07) is 1.65. The number of piperazine rings is 1. The lowest BCUT2D eigenvalue weighted by molar-refractivity contribution is 0.0451. The second-order valence-corrected chi connectivity index (χ2v) is 6.31. The minimum Gasteiger partial charge on any atom is -0.316 e. The molecule has 0 bridgehead atoms. The summed E-state index contributed by atoms with van der Waals surface area (Å²) in [7, 11) is 0. The molecule has 4 heteroatoms. The van der Waals surface area contributed by atoms with Gasteiger partial charge in [0.1, 0.15) is 0 Å². The second kappa shape index (κ2) is 6.56. The Hall–Kier alpha value is 0.170. The Kier molecular flexibility index (Phi) is 5.31. The molecule has 106 valence electrons. The molecule has 0 aromatic heterocycles. The summed E-state index contributed by atoms with van der Waals surface area (Å²) in [6.07, 6.45) is 5.68. The van der Waals surface area contributed by atoms with Gasteiger partial charge in [0, 0.05) is 31.7 Å². The standard InChI is InChI=1S/C14H27N3.ClH/c1-12-9-16-7-3-5-14(16)11-17(12)10-13-4-2-6-15-8-13;/h12-15H,2-11H2,1H3;1H. The predicted octanol–water partition coefficient (Wildman–Crippen LogP) is 1.58.